The van der Waals surface area contributed by atoms with E-state index in [0.717, 1.165) is 3.79 Å². The maximum Gasteiger partial charge on any atom is 0.265 e. The average molecular weight is 391 g/mol. The van der Waals surface area contributed by atoms with Crippen LogP contribution in [-0.4, -0.2) is 21.4 Å². The number of primary sulfonamides is 1. The predicted octanol–water partition coefficient (Wildman–Crippen LogP) is 2.42. The molecule has 0 saturated carbocycles. The third-order valence-electron chi connectivity index (χ3n) is 2.54. The molecule has 0 aliphatic rings. The molecule has 1 amide bonds. The topological polar surface area (TPSA) is 98.5 Å². The molecule has 0 aliphatic carbocycles. The van der Waals surface area contributed by atoms with E-state index in [4.69, 9.17) is 9.88 Å². The zero-order valence-electron chi connectivity index (χ0n) is 10.8. The van der Waals surface area contributed by atoms with Gasteiger partial charge in [0.25, 0.3) is 5.91 Å². The van der Waals surface area contributed by atoms with Crippen LogP contribution in [0.3, 0.4) is 0 Å². The monoisotopic (exact) mass is 390 g/mol. The number of hydrogen-bond donors (Lipinski definition) is 2. The van der Waals surface area contributed by atoms with Crippen LogP contribution in [0, 0.1) is 0 Å². The second-order valence-corrected chi connectivity index (χ2v) is 7.99. The van der Waals surface area contributed by atoms with Crippen LogP contribution in [0.25, 0.3) is 0 Å². The van der Waals surface area contributed by atoms with Crippen molar-refractivity contribution in [2.24, 2.45) is 5.14 Å². The van der Waals surface area contributed by atoms with Gasteiger partial charge in [-0.15, -0.1) is 11.3 Å². The SMILES string of the molecule is COc1ccc(S(N)(=O)=O)cc1NC(=O)c1ccc(Br)s1. The van der Waals surface area contributed by atoms with Crippen molar-refractivity contribution in [3.05, 3.63) is 39.0 Å². The van der Waals surface area contributed by atoms with Gasteiger partial charge in [0.1, 0.15) is 5.75 Å². The molecule has 1 aromatic heterocycles. The third kappa shape index (κ3) is 3.82. The summed E-state index contributed by atoms with van der Waals surface area (Å²) in [7, 11) is -2.44. The lowest BCUT2D eigenvalue weighted by molar-refractivity contribution is 0.103. The van der Waals surface area contributed by atoms with Gasteiger partial charge >= 0.3 is 0 Å². The van der Waals surface area contributed by atoms with E-state index in [-0.39, 0.29) is 16.5 Å². The first kappa shape index (κ1) is 16.0. The minimum absolute atomic E-state index is 0.106. The molecule has 0 atom stereocenters. The van der Waals surface area contributed by atoms with E-state index in [1.165, 1.54) is 36.6 Å². The first-order valence-corrected chi connectivity index (χ1v) is 8.74. The van der Waals surface area contributed by atoms with Crippen molar-refractivity contribution in [1.82, 2.24) is 0 Å². The Balaban J connectivity index is 2.36. The molecule has 0 saturated heterocycles. The lowest BCUT2D eigenvalue weighted by atomic mass is 10.3. The molecule has 6 nitrogen and oxygen atoms in total. The number of methoxy groups -OCH3 is 1. The summed E-state index contributed by atoms with van der Waals surface area (Å²) in [4.78, 5) is 12.5. The van der Waals surface area contributed by atoms with Crippen molar-refractivity contribution >= 4 is 48.9 Å². The number of thiophene rings is 1. The van der Waals surface area contributed by atoms with E-state index in [2.05, 4.69) is 21.2 Å². The number of ether oxygens (including phenoxy) is 1. The number of halogens is 1. The minimum Gasteiger partial charge on any atom is -0.495 e. The average Bonchev–Trinajstić information content (AvgIpc) is 2.84. The van der Waals surface area contributed by atoms with Crippen molar-refractivity contribution in [3.8, 4) is 5.75 Å². The minimum atomic E-state index is -3.86. The van der Waals surface area contributed by atoms with Gasteiger partial charge in [0.05, 0.1) is 26.4 Å². The van der Waals surface area contributed by atoms with Crippen LogP contribution in [-0.2, 0) is 10.0 Å². The molecule has 0 spiro atoms. The number of rotatable bonds is 4. The number of hydrogen-bond acceptors (Lipinski definition) is 5. The number of sulfonamides is 1. The van der Waals surface area contributed by atoms with E-state index in [0.29, 0.717) is 10.6 Å². The Morgan fingerprint density at radius 2 is 2.05 bits per heavy atom. The number of amides is 1. The molecular formula is C12H11BrN2O4S2. The smallest absolute Gasteiger partial charge is 0.265 e. The Kier molecular flexibility index (Phi) is 4.67. The Bertz CT molecular complexity index is 786. The second kappa shape index (κ2) is 6.14. The van der Waals surface area contributed by atoms with Crippen LogP contribution in [0.1, 0.15) is 9.67 Å². The maximum atomic E-state index is 12.1. The molecule has 9 heteroatoms. The van der Waals surface area contributed by atoms with Crippen molar-refractivity contribution in [2.75, 3.05) is 12.4 Å². The predicted molar refractivity (Wildman–Crippen MR) is 84.3 cm³/mol. The fourth-order valence-corrected chi connectivity index (χ4v) is 3.40. The quantitative estimate of drug-likeness (QED) is 0.836. The summed E-state index contributed by atoms with van der Waals surface area (Å²) in [6.07, 6.45) is 0. The first-order chi connectivity index (χ1) is 9.81. The van der Waals surface area contributed by atoms with Crippen LogP contribution in [0.2, 0.25) is 0 Å². The second-order valence-electron chi connectivity index (χ2n) is 3.96. The summed E-state index contributed by atoms with van der Waals surface area (Å²) in [6, 6.07) is 7.40. The number of nitrogens with one attached hydrogen (secondary N) is 1. The Hall–Kier alpha value is -1.42. The largest absolute Gasteiger partial charge is 0.495 e. The standard InChI is InChI=1S/C12H11BrN2O4S2/c1-19-9-3-2-7(21(14,17)18)6-8(9)15-12(16)10-4-5-11(13)20-10/h2-6H,1H3,(H,15,16)(H2,14,17,18). The van der Waals surface area contributed by atoms with Gasteiger partial charge < -0.3 is 10.1 Å². The molecule has 21 heavy (non-hydrogen) atoms. The molecule has 0 fully saturated rings. The van der Waals surface area contributed by atoms with Crippen molar-refractivity contribution in [1.29, 1.82) is 0 Å². The van der Waals surface area contributed by atoms with Gasteiger partial charge in [-0.1, -0.05) is 0 Å². The summed E-state index contributed by atoms with van der Waals surface area (Å²) in [6.45, 7) is 0. The summed E-state index contributed by atoms with van der Waals surface area (Å²) in [5.74, 6) is -0.0260. The number of anilines is 1. The summed E-state index contributed by atoms with van der Waals surface area (Å²) in [5.41, 5.74) is 0.235. The molecule has 112 valence electrons. The lowest BCUT2D eigenvalue weighted by Gasteiger charge is -2.10. The Labute approximate surface area is 134 Å². The van der Waals surface area contributed by atoms with Crippen LogP contribution >= 0.6 is 27.3 Å². The lowest BCUT2D eigenvalue weighted by Crippen LogP contribution is -2.15. The fourth-order valence-electron chi connectivity index (χ4n) is 1.58. The highest BCUT2D eigenvalue weighted by molar-refractivity contribution is 9.11. The van der Waals surface area contributed by atoms with E-state index < -0.39 is 10.0 Å². The molecule has 1 aromatic carbocycles. The zero-order valence-corrected chi connectivity index (χ0v) is 14.0. The van der Waals surface area contributed by atoms with Gasteiger partial charge in [-0.05, 0) is 46.3 Å². The molecule has 0 unspecified atom stereocenters. The number of nitrogens with two attached hydrogens (primary N) is 1. The van der Waals surface area contributed by atoms with Crippen LogP contribution in [0.15, 0.2) is 39.0 Å². The van der Waals surface area contributed by atoms with E-state index in [1.54, 1.807) is 12.1 Å². The number of carbonyl (C=O) groups is 1. The molecule has 0 radical (unpaired) electrons. The maximum absolute atomic E-state index is 12.1. The van der Waals surface area contributed by atoms with Gasteiger partial charge in [0, 0.05) is 0 Å². The Morgan fingerprint density at radius 1 is 1.33 bits per heavy atom. The molecule has 0 aliphatic heterocycles. The van der Waals surface area contributed by atoms with Gasteiger partial charge in [0.2, 0.25) is 10.0 Å². The molecular weight excluding hydrogens is 380 g/mol. The summed E-state index contributed by atoms with van der Waals surface area (Å²) < 4.78 is 28.6. The van der Waals surface area contributed by atoms with Crippen molar-refractivity contribution in [3.63, 3.8) is 0 Å². The van der Waals surface area contributed by atoms with Crippen molar-refractivity contribution in [2.45, 2.75) is 4.90 Å². The van der Waals surface area contributed by atoms with Gasteiger partial charge in [-0.2, -0.15) is 0 Å². The Morgan fingerprint density at radius 3 is 2.57 bits per heavy atom. The summed E-state index contributed by atoms with van der Waals surface area (Å²) >= 11 is 4.53. The zero-order chi connectivity index (χ0) is 15.6. The first-order valence-electron chi connectivity index (χ1n) is 5.59. The molecule has 3 N–H and O–H groups in total. The van der Waals surface area contributed by atoms with Crippen LogP contribution < -0.4 is 15.2 Å². The van der Waals surface area contributed by atoms with E-state index in [1.807, 2.05) is 0 Å². The van der Waals surface area contributed by atoms with Gasteiger partial charge in [-0.25, -0.2) is 13.6 Å². The third-order valence-corrected chi connectivity index (χ3v) is 5.08. The van der Waals surface area contributed by atoms with Crippen molar-refractivity contribution < 1.29 is 17.9 Å². The van der Waals surface area contributed by atoms with Crippen LogP contribution in [0.5, 0.6) is 5.75 Å². The normalized spacial score (nSPS) is 11.2. The molecule has 0 bridgehead atoms. The van der Waals surface area contributed by atoms with E-state index >= 15 is 0 Å². The van der Waals surface area contributed by atoms with E-state index in [9.17, 15) is 13.2 Å². The molecule has 1 heterocycles. The highest BCUT2D eigenvalue weighted by Gasteiger charge is 2.15. The van der Waals surface area contributed by atoms with Gasteiger partial charge in [0.15, 0.2) is 0 Å². The highest BCUT2D eigenvalue weighted by Crippen LogP contribution is 2.29. The summed E-state index contributed by atoms with van der Waals surface area (Å²) in [5, 5.41) is 7.69. The molecule has 2 rings (SSSR count). The highest BCUT2D eigenvalue weighted by atomic mass is 79.9. The molecule has 2 aromatic rings. The number of benzene rings is 1. The van der Waals surface area contributed by atoms with Crippen LogP contribution in [0.4, 0.5) is 5.69 Å². The van der Waals surface area contributed by atoms with Gasteiger partial charge in [-0.3, -0.25) is 4.79 Å². The fraction of sp³-hybridized carbons (Fsp3) is 0.0833. The number of carbonyl (C=O) groups excluding carboxylic acids is 1.